The number of fused-ring (bicyclic) bond motifs is 1. The third-order valence-electron chi connectivity index (χ3n) is 5.10. The summed E-state index contributed by atoms with van der Waals surface area (Å²) in [4.78, 5) is 0. The fourth-order valence-electron chi connectivity index (χ4n) is 3.67. The number of nitrogens with two attached hydrogens (primary N) is 1. The molecule has 1 aromatic rings. The van der Waals surface area contributed by atoms with Crippen molar-refractivity contribution >= 4 is 10.8 Å². The van der Waals surface area contributed by atoms with Crippen molar-refractivity contribution in [3.63, 3.8) is 0 Å². The molecule has 0 heterocycles. The van der Waals surface area contributed by atoms with E-state index in [0.717, 1.165) is 43.7 Å². The highest BCUT2D eigenvalue weighted by atomic mass is 32.2. The van der Waals surface area contributed by atoms with Crippen LogP contribution in [0.2, 0.25) is 0 Å². The van der Waals surface area contributed by atoms with Gasteiger partial charge in [-0.15, -0.1) is 0 Å². The number of aryl methyl sites for hydroxylation is 1. The maximum Gasteiger partial charge on any atom is 0.0266 e. The van der Waals surface area contributed by atoms with Crippen LogP contribution in [0.3, 0.4) is 0 Å². The summed E-state index contributed by atoms with van der Waals surface area (Å²) in [6.07, 6.45) is 8.03. The van der Waals surface area contributed by atoms with Gasteiger partial charge in [0.25, 0.3) is 0 Å². The van der Waals surface area contributed by atoms with E-state index in [0.29, 0.717) is 11.8 Å². The van der Waals surface area contributed by atoms with E-state index in [1.54, 1.807) is 0 Å². The molecule has 0 bridgehead atoms. The molecule has 0 aromatic heterocycles. The topological polar surface area (TPSA) is 43.1 Å². The smallest absolute Gasteiger partial charge is 0.0266 e. The molecule has 0 spiro atoms. The van der Waals surface area contributed by atoms with E-state index >= 15 is 0 Å². The van der Waals surface area contributed by atoms with Gasteiger partial charge in [-0.2, -0.15) is 0 Å². The number of hydrogen-bond donors (Lipinski definition) is 1. The third-order valence-corrected chi connectivity index (χ3v) is 6.69. The summed E-state index contributed by atoms with van der Waals surface area (Å²) >= 11 is 0. The fourth-order valence-corrected chi connectivity index (χ4v) is 5.25. The Morgan fingerprint density at radius 1 is 1.26 bits per heavy atom. The van der Waals surface area contributed by atoms with Crippen LogP contribution in [-0.4, -0.2) is 22.3 Å². The first-order valence-electron chi connectivity index (χ1n) is 9.34. The zero-order valence-corrected chi connectivity index (χ0v) is 15.7. The van der Waals surface area contributed by atoms with Crippen LogP contribution in [0, 0.1) is 5.92 Å². The molecule has 3 unspecified atom stereocenters. The minimum absolute atomic E-state index is 0.504. The fraction of sp³-hybridized carbons (Fsp3) is 0.700. The standard InChI is InChI=1S/C20H33NOS/c1-3-5-11-23(22)15-16-7-8-18-13-19(10-9-17(18)12-16)20(14-21)6-4-2/h9-10,13,16,20H,3-8,11-12,14-15,21H2,1-2H3. The van der Waals surface area contributed by atoms with Crippen LogP contribution in [0.25, 0.3) is 0 Å². The van der Waals surface area contributed by atoms with E-state index in [-0.39, 0.29) is 0 Å². The van der Waals surface area contributed by atoms with Gasteiger partial charge in [0.15, 0.2) is 0 Å². The lowest BCUT2D eigenvalue weighted by Gasteiger charge is -2.26. The van der Waals surface area contributed by atoms with Crippen LogP contribution in [0.15, 0.2) is 18.2 Å². The highest BCUT2D eigenvalue weighted by Crippen LogP contribution is 2.30. The molecule has 3 atom stereocenters. The summed E-state index contributed by atoms with van der Waals surface area (Å²) in [6.45, 7) is 5.13. The van der Waals surface area contributed by atoms with Crippen LogP contribution < -0.4 is 5.73 Å². The molecule has 23 heavy (non-hydrogen) atoms. The van der Waals surface area contributed by atoms with Gasteiger partial charge in [-0.3, -0.25) is 4.21 Å². The molecular weight excluding hydrogens is 302 g/mol. The maximum absolute atomic E-state index is 12.1. The second-order valence-corrected chi connectivity index (χ2v) is 8.64. The van der Waals surface area contributed by atoms with Crippen molar-refractivity contribution in [1.29, 1.82) is 0 Å². The van der Waals surface area contributed by atoms with Gasteiger partial charge in [0.2, 0.25) is 0 Å². The van der Waals surface area contributed by atoms with Crippen LogP contribution in [0.4, 0.5) is 0 Å². The first-order valence-corrected chi connectivity index (χ1v) is 10.8. The molecule has 0 saturated carbocycles. The summed E-state index contributed by atoms with van der Waals surface area (Å²) in [5.74, 6) is 2.88. The number of unbranched alkanes of at least 4 members (excludes halogenated alkanes) is 1. The summed E-state index contributed by atoms with van der Waals surface area (Å²) < 4.78 is 12.1. The zero-order chi connectivity index (χ0) is 16.7. The van der Waals surface area contributed by atoms with Crippen molar-refractivity contribution in [2.24, 2.45) is 11.7 Å². The Morgan fingerprint density at radius 3 is 2.78 bits per heavy atom. The molecule has 0 amide bonds. The van der Waals surface area contributed by atoms with Crippen molar-refractivity contribution in [2.45, 2.75) is 64.7 Å². The summed E-state index contributed by atoms with van der Waals surface area (Å²) in [6, 6.07) is 6.99. The Hall–Kier alpha value is -0.670. The van der Waals surface area contributed by atoms with Crippen LogP contribution in [0.5, 0.6) is 0 Å². The zero-order valence-electron chi connectivity index (χ0n) is 14.9. The Balaban J connectivity index is 1.98. The number of benzene rings is 1. The van der Waals surface area contributed by atoms with E-state index in [1.807, 2.05) is 0 Å². The predicted molar refractivity (Wildman–Crippen MR) is 101 cm³/mol. The van der Waals surface area contributed by atoms with Crippen molar-refractivity contribution in [3.8, 4) is 0 Å². The lowest BCUT2D eigenvalue weighted by Crippen LogP contribution is -2.22. The second kappa shape index (κ2) is 9.58. The van der Waals surface area contributed by atoms with Gasteiger partial charge in [-0.25, -0.2) is 0 Å². The van der Waals surface area contributed by atoms with Gasteiger partial charge in [0.1, 0.15) is 0 Å². The average Bonchev–Trinajstić information content (AvgIpc) is 2.57. The third kappa shape index (κ3) is 5.42. The highest BCUT2D eigenvalue weighted by Gasteiger charge is 2.21. The van der Waals surface area contributed by atoms with Gasteiger partial charge in [0.05, 0.1) is 0 Å². The van der Waals surface area contributed by atoms with Gasteiger partial charge in [0, 0.05) is 22.3 Å². The molecule has 0 radical (unpaired) electrons. The van der Waals surface area contributed by atoms with E-state index in [4.69, 9.17) is 5.73 Å². The number of rotatable bonds is 9. The SMILES string of the molecule is CCCCS(=O)CC1CCc2cc(C(CN)CCC)ccc2C1. The summed E-state index contributed by atoms with van der Waals surface area (Å²) in [5, 5.41) is 0. The number of hydrogen-bond acceptors (Lipinski definition) is 2. The summed E-state index contributed by atoms with van der Waals surface area (Å²) in [7, 11) is -0.627. The first-order chi connectivity index (χ1) is 11.2. The van der Waals surface area contributed by atoms with Crippen LogP contribution in [-0.2, 0) is 23.6 Å². The van der Waals surface area contributed by atoms with Gasteiger partial charge in [-0.1, -0.05) is 44.9 Å². The maximum atomic E-state index is 12.1. The minimum atomic E-state index is -0.627. The normalized spacial score (nSPS) is 20.0. The van der Waals surface area contributed by atoms with Crippen LogP contribution in [0.1, 0.15) is 68.6 Å². The summed E-state index contributed by atoms with van der Waals surface area (Å²) in [5.41, 5.74) is 10.3. The monoisotopic (exact) mass is 335 g/mol. The molecule has 130 valence electrons. The molecular formula is C20H33NOS. The first kappa shape index (κ1) is 18.7. The van der Waals surface area contributed by atoms with Crippen molar-refractivity contribution in [1.82, 2.24) is 0 Å². The Morgan fingerprint density at radius 2 is 2.09 bits per heavy atom. The van der Waals surface area contributed by atoms with Gasteiger partial charge >= 0.3 is 0 Å². The van der Waals surface area contributed by atoms with E-state index in [2.05, 4.69) is 32.0 Å². The molecule has 1 aromatic carbocycles. The van der Waals surface area contributed by atoms with E-state index in [1.165, 1.54) is 36.0 Å². The highest BCUT2D eigenvalue weighted by molar-refractivity contribution is 7.84. The van der Waals surface area contributed by atoms with E-state index < -0.39 is 10.8 Å². The molecule has 1 aliphatic rings. The van der Waals surface area contributed by atoms with Crippen molar-refractivity contribution < 1.29 is 4.21 Å². The van der Waals surface area contributed by atoms with Crippen LogP contribution >= 0.6 is 0 Å². The Kier molecular flexibility index (Phi) is 7.78. The molecule has 0 aliphatic heterocycles. The van der Waals surface area contributed by atoms with Gasteiger partial charge in [-0.05, 0) is 67.2 Å². The lowest BCUT2D eigenvalue weighted by molar-refractivity contribution is 0.502. The largest absolute Gasteiger partial charge is 0.330 e. The molecule has 1 aliphatic carbocycles. The molecule has 0 fully saturated rings. The van der Waals surface area contributed by atoms with Crippen molar-refractivity contribution in [3.05, 3.63) is 34.9 Å². The van der Waals surface area contributed by atoms with Gasteiger partial charge < -0.3 is 5.73 Å². The molecule has 2 N–H and O–H groups in total. The molecule has 2 nitrogen and oxygen atoms in total. The second-order valence-electron chi connectivity index (χ2n) is 7.02. The molecule has 3 heteroatoms. The average molecular weight is 336 g/mol. The predicted octanol–water partition coefficient (Wildman–Crippen LogP) is 4.18. The minimum Gasteiger partial charge on any atom is -0.330 e. The quantitative estimate of drug-likeness (QED) is 0.735. The Labute approximate surface area is 144 Å². The van der Waals surface area contributed by atoms with E-state index in [9.17, 15) is 4.21 Å². The molecule has 0 saturated heterocycles. The molecule has 2 rings (SSSR count). The Bertz CT molecular complexity index is 514. The van der Waals surface area contributed by atoms with Crippen molar-refractivity contribution in [2.75, 3.05) is 18.1 Å². The lowest BCUT2D eigenvalue weighted by atomic mass is 9.82.